The Hall–Kier alpha value is -2.31. The maximum absolute atomic E-state index is 12.9. The van der Waals surface area contributed by atoms with Crippen molar-refractivity contribution in [2.75, 3.05) is 10.8 Å². The van der Waals surface area contributed by atoms with Crippen molar-refractivity contribution in [2.45, 2.75) is 11.1 Å². The third-order valence-electron chi connectivity index (χ3n) is 3.97. The highest BCUT2D eigenvalue weighted by Crippen LogP contribution is 2.33. The standard InChI is InChI=1S/C18H15NO3S2/c1-2-19(24(20,21)18-8-5-11-23-18)13-9-10-17-15(12-13)14-6-3-4-7-16(14)22-17/h3-12H,2H2,1H3. The van der Waals surface area contributed by atoms with Crippen molar-refractivity contribution in [3.05, 3.63) is 60.0 Å². The lowest BCUT2D eigenvalue weighted by atomic mass is 10.1. The molecular formula is C18H15NO3S2. The minimum absolute atomic E-state index is 0.349. The van der Waals surface area contributed by atoms with Crippen molar-refractivity contribution in [2.24, 2.45) is 0 Å². The third-order valence-corrected chi connectivity index (χ3v) is 7.25. The number of sulfonamides is 1. The monoisotopic (exact) mass is 357 g/mol. The van der Waals surface area contributed by atoms with E-state index in [9.17, 15) is 8.42 Å². The minimum atomic E-state index is -3.54. The Kier molecular flexibility index (Phi) is 3.58. The second-order valence-electron chi connectivity index (χ2n) is 5.38. The first-order valence-corrected chi connectivity index (χ1v) is 9.91. The summed E-state index contributed by atoms with van der Waals surface area (Å²) in [5.74, 6) is 0. The van der Waals surface area contributed by atoms with Gasteiger partial charge in [-0.15, -0.1) is 11.3 Å². The van der Waals surface area contributed by atoms with Gasteiger partial charge in [0.2, 0.25) is 0 Å². The van der Waals surface area contributed by atoms with Crippen molar-refractivity contribution in [1.82, 2.24) is 0 Å². The zero-order chi connectivity index (χ0) is 16.7. The number of thiophene rings is 1. The molecule has 0 atom stereocenters. The fourth-order valence-electron chi connectivity index (χ4n) is 2.88. The molecule has 24 heavy (non-hydrogen) atoms. The average Bonchev–Trinajstić information content (AvgIpc) is 3.23. The molecule has 4 rings (SSSR count). The number of nitrogens with zero attached hydrogens (tertiary/aromatic N) is 1. The molecule has 0 aliphatic carbocycles. The number of rotatable bonds is 4. The molecule has 0 amide bonds. The molecule has 4 nitrogen and oxygen atoms in total. The number of anilines is 1. The highest BCUT2D eigenvalue weighted by Gasteiger charge is 2.25. The van der Waals surface area contributed by atoms with Crippen LogP contribution in [0.4, 0.5) is 5.69 Å². The van der Waals surface area contributed by atoms with Crippen LogP contribution >= 0.6 is 11.3 Å². The van der Waals surface area contributed by atoms with Crippen molar-refractivity contribution in [3.63, 3.8) is 0 Å². The Balaban J connectivity index is 1.89. The summed E-state index contributed by atoms with van der Waals surface area (Å²) in [7, 11) is -3.54. The van der Waals surface area contributed by atoms with Crippen LogP contribution in [0.3, 0.4) is 0 Å². The maximum Gasteiger partial charge on any atom is 0.273 e. The number of furan rings is 1. The fraction of sp³-hybridized carbons (Fsp3) is 0.111. The van der Waals surface area contributed by atoms with Gasteiger partial charge in [0.05, 0.1) is 5.69 Å². The van der Waals surface area contributed by atoms with Gasteiger partial charge in [0.1, 0.15) is 15.4 Å². The lowest BCUT2D eigenvalue weighted by Gasteiger charge is -2.22. The van der Waals surface area contributed by atoms with Gasteiger partial charge < -0.3 is 4.42 Å². The van der Waals surface area contributed by atoms with Gasteiger partial charge in [-0.05, 0) is 42.6 Å². The van der Waals surface area contributed by atoms with E-state index in [2.05, 4.69) is 0 Å². The van der Waals surface area contributed by atoms with Crippen LogP contribution in [0.25, 0.3) is 21.9 Å². The third kappa shape index (κ3) is 2.30. The second kappa shape index (κ2) is 5.65. The van der Waals surface area contributed by atoms with E-state index >= 15 is 0 Å². The first-order chi connectivity index (χ1) is 11.6. The molecule has 0 bridgehead atoms. The van der Waals surface area contributed by atoms with Crippen LogP contribution in [-0.2, 0) is 10.0 Å². The number of para-hydroxylation sites is 1. The predicted molar refractivity (Wildman–Crippen MR) is 98.2 cm³/mol. The number of hydrogen-bond donors (Lipinski definition) is 0. The molecule has 0 aliphatic rings. The van der Waals surface area contributed by atoms with Gasteiger partial charge in [-0.2, -0.15) is 0 Å². The first-order valence-electron chi connectivity index (χ1n) is 7.59. The van der Waals surface area contributed by atoms with E-state index in [-0.39, 0.29) is 0 Å². The predicted octanol–water partition coefficient (Wildman–Crippen LogP) is 4.86. The van der Waals surface area contributed by atoms with Gasteiger partial charge in [0, 0.05) is 17.3 Å². The smallest absolute Gasteiger partial charge is 0.273 e. The van der Waals surface area contributed by atoms with Gasteiger partial charge in [-0.25, -0.2) is 8.42 Å². The highest BCUT2D eigenvalue weighted by atomic mass is 32.2. The van der Waals surface area contributed by atoms with Crippen LogP contribution in [0.1, 0.15) is 6.92 Å². The topological polar surface area (TPSA) is 50.5 Å². The SMILES string of the molecule is CCN(c1ccc2oc3ccccc3c2c1)S(=O)(=O)c1cccs1. The molecule has 2 aromatic heterocycles. The molecule has 2 aromatic carbocycles. The quantitative estimate of drug-likeness (QED) is 0.524. The van der Waals surface area contributed by atoms with Gasteiger partial charge in [-0.3, -0.25) is 4.31 Å². The molecule has 2 heterocycles. The normalized spacial score (nSPS) is 12.0. The molecule has 0 saturated heterocycles. The van der Waals surface area contributed by atoms with Crippen LogP contribution in [0.5, 0.6) is 0 Å². The van der Waals surface area contributed by atoms with E-state index in [1.54, 1.807) is 23.6 Å². The van der Waals surface area contributed by atoms with Crippen molar-refractivity contribution < 1.29 is 12.8 Å². The van der Waals surface area contributed by atoms with E-state index in [4.69, 9.17) is 4.42 Å². The Bertz CT molecular complexity index is 1110. The summed E-state index contributed by atoms with van der Waals surface area (Å²) in [4.78, 5) is 0. The number of hydrogen-bond acceptors (Lipinski definition) is 4. The van der Waals surface area contributed by atoms with E-state index < -0.39 is 10.0 Å². The fourth-order valence-corrected chi connectivity index (χ4v) is 5.45. The molecule has 0 radical (unpaired) electrons. The summed E-state index contributed by atoms with van der Waals surface area (Å²) in [6, 6.07) is 16.7. The summed E-state index contributed by atoms with van der Waals surface area (Å²) >= 11 is 1.23. The summed E-state index contributed by atoms with van der Waals surface area (Å²) in [6.07, 6.45) is 0. The maximum atomic E-state index is 12.9. The van der Waals surface area contributed by atoms with Gasteiger partial charge >= 0.3 is 0 Å². The van der Waals surface area contributed by atoms with E-state index in [0.717, 1.165) is 21.9 Å². The van der Waals surface area contributed by atoms with Crippen LogP contribution < -0.4 is 4.31 Å². The lowest BCUT2D eigenvalue weighted by Crippen LogP contribution is -2.30. The molecule has 6 heteroatoms. The van der Waals surface area contributed by atoms with E-state index in [1.807, 2.05) is 43.3 Å². The average molecular weight is 357 g/mol. The molecule has 0 aliphatic heterocycles. The Morgan fingerprint density at radius 1 is 1.00 bits per heavy atom. The molecule has 0 N–H and O–H groups in total. The van der Waals surface area contributed by atoms with Crippen molar-refractivity contribution in [1.29, 1.82) is 0 Å². The van der Waals surface area contributed by atoms with Crippen LogP contribution in [0.15, 0.2) is 68.6 Å². The zero-order valence-corrected chi connectivity index (χ0v) is 14.6. The largest absolute Gasteiger partial charge is 0.456 e. The summed E-state index contributed by atoms with van der Waals surface area (Å²) in [5, 5.41) is 3.68. The molecule has 0 unspecified atom stereocenters. The molecular weight excluding hydrogens is 342 g/mol. The molecule has 0 spiro atoms. The second-order valence-corrected chi connectivity index (χ2v) is 8.42. The van der Waals surface area contributed by atoms with Crippen LogP contribution in [0.2, 0.25) is 0 Å². The molecule has 4 aromatic rings. The number of benzene rings is 2. The number of fused-ring (bicyclic) bond motifs is 3. The van der Waals surface area contributed by atoms with Gasteiger partial charge in [0.15, 0.2) is 0 Å². The Labute approximate surface area is 144 Å². The zero-order valence-electron chi connectivity index (χ0n) is 13.0. The Morgan fingerprint density at radius 3 is 2.54 bits per heavy atom. The molecule has 0 saturated carbocycles. The van der Waals surface area contributed by atoms with E-state index in [0.29, 0.717) is 16.4 Å². The van der Waals surface area contributed by atoms with Crippen molar-refractivity contribution >= 4 is 49.0 Å². The first kappa shape index (κ1) is 15.2. The minimum Gasteiger partial charge on any atom is -0.456 e. The van der Waals surface area contributed by atoms with Gasteiger partial charge in [0.25, 0.3) is 10.0 Å². The summed E-state index contributed by atoms with van der Waals surface area (Å²) < 4.78 is 33.3. The van der Waals surface area contributed by atoms with Crippen LogP contribution in [0, 0.1) is 0 Å². The van der Waals surface area contributed by atoms with Crippen molar-refractivity contribution in [3.8, 4) is 0 Å². The van der Waals surface area contributed by atoms with Crippen LogP contribution in [-0.4, -0.2) is 15.0 Å². The highest BCUT2D eigenvalue weighted by molar-refractivity contribution is 7.94. The summed E-state index contributed by atoms with van der Waals surface area (Å²) in [6.45, 7) is 2.20. The molecule has 0 fully saturated rings. The lowest BCUT2D eigenvalue weighted by molar-refractivity contribution is 0.594. The Morgan fingerprint density at radius 2 is 1.79 bits per heavy atom. The van der Waals surface area contributed by atoms with Gasteiger partial charge in [-0.1, -0.05) is 24.3 Å². The molecule has 122 valence electrons. The summed E-state index contributed by atoms with van der Waals surface area (Å²) in [5.41, 5.74) is 2.20. The van der Waals surface area contributed by atoms with E-state index in [1.165, 1.54) is 15.6 Å².